The molecule has 86 valence electrons. The molecule has 0 unspecified atom stereocenters. The molecule has 0 saturated carbocycles. The Labute approximate surface area is 90.7 Å². The lowest BCUT2D eigenvalue weighted by atomic mass is 10.4. The average molecular weight is 213 g/mol. The predicted molar refractivity (Wildman–Crippen MR) is 59.4 cm³/mol. The summed E-state index contributed by atoms with van der Waals surface area (Å²) in [5.74, 6) is -0.193. The van der Waals surface area contributed by atoms with Gasteiger partial charge in [0.15, 0.2) is 0 Å². The molecule has 0 fully saturated rings. The van der Waals surface area contributed by atoms with Crippen molar-refractivity contribution < 1.29 is 9.59 Å². The summed E-state index contributed by atoms with van der Waals surface area (Å²) in [4.78, 5) is 25.6. The van der Waals surface area contributed by atoms with Crippen LogP contribution in [0.4, 0.5) is 0 Å². The van der Waals surface area contributed by atoms with Crippen LogP contribution in [0.2, 0.25) is 0 Å². The van der Waals surface area contributed by atoms with Gasteiger partial charge < -0.3 is 15.1 Å². The molecular weight excluding hydrogens is 194 g/mol. The Kier molecular flexibility index (Phi) is 6.37. The predicted octanol–water partition coefficient (Wildman–Crippen LogP) is -0.691. The first-order valence-corrected chi connectivity index (χ1v) is 4.74. The van der Waals surface area contributed by atoms with Gasteiger partial charge >= 0.3 is 0 Å². The molecule has 5 heteroatoms. The molecule has 0 atom stereocenters. The average Bonchev–Trinajstić information content (AvgIpc) is 2.17. The maximum absolute atomic E-state index is 11.4. The van der Waals surface area contributed by atoms with Crippen molar-refractivity contribution in [2.24, 2.45) is 0 Å². The molecule has 0 radical (unpaired) electrons. The van der Waals surface area contributed by atoms with E-state index in [9.17, 15) is 9.59 Å². The molecule has 2 amide bonds. The van der Waals surface area contributed by atoms with Crippen molar-refractivity contribution in [3.05, 3.63) is 12.7 Å². The van der Waals surface area contributed by atoms with Gasteiger partial charge in [-0.25, -0.2) is 0 Å². The van der Waals surface area contributed by atoms with E-state index in [0.29, 0.717) is 6.54 Å². The van der Waals surface area contributed by atoms with Crippen molar-refractivity contribution in [2.45, 2.75) is 0 Å². The minimum absolute atomic E-state index is 0.0884. The second kappa shape index (κ2) is 7.00. The summed E-state index contributed by atoms with van der Waals surface area (Å²) < 4.78 is 0. The number of hydrogen-bond acceptors (Lipinski definition) is 3. The molecule has 0 aromatic rings. The molecule has 0 bridgehead atoms. The third kappa shape index (κ3) is 5.85. The molecular formula is C10H19N3O2. The van der Waals surface area contributed by atoms with E-state index in [1.165, 1.54) is 9.80 Å². The van der Waals surface area contributed by atoms with Crippen LogP contribution in [-0.2, 0) is 9.59 Å². The molecule has 0 aromatic carbocycles. The minimum Gasteiger partial charge on any atom is -0.347 e. The highest BCUT2D eigenvalue weighted by Gasteiger charge is 2.12. The number of nitrogens with zero attached hydrogens (tertiary/aromatic N) is 2. The lowest BCUT2D eigenvalue weighted by molar-refractivity contribution is -0.137. The third-order valence-corrected chi connectivity index (χ3v) is 1.86. The number of likely N-dealkylation sites (N-methyl/N-ethyl adjacent to an activating group) is 2. The van der Waals surface area contributed by atoms with Gasteiger partial charge in [-0.2, -0.15) is 0 Å². The fourth-order valence-electron chi connectivity index (χ4n) is 0.849. The Morgan fingerprint density at radius 2 is 1.87 bits per heavy atom. The van der Waals surface area contributed by atoms with Gasteiger partial charge in [-0.1, -0.05) is 6.08 Å². The SMILES string of the molecule is C=CCNCC(=O)N(C)CC(=O)N(C)C. The Balaban J connectivity index is 3.88. The number of carbonyl (C=O) groups is 2. The molecule has 0 aromatic heterocycles. The highest BCUT2D eigenvalue weighted by molar-refractivity contribution is 5.85. The molecule has 0 spiro atoms. The molecule has 0 saturated heterocycles. The van der Waals surface area contributed by atoms with Crippen LogP contribution in [0, 0.1) is 0 Å². The topological polar surface area (TPSA) is 52.7 Å². The Morgan fingerprint density at radius 3 is 2.33 bits per heavy atom. The highest BCUT2D eigenvalue weighted by atomic mass is 16.2. The number of nitrogens with one attached hydrogen (secondary N) is 1. The van der Waals surface area contributed by atoms with E-state index >= 15 is 0 Å². The largest absolute Gasteiger partial charge is 0.347 e. The van der Waals surface area contributed by atoms with Crippen LogP contribution in [0.25, 0.3) is 0 Å². The van der Waals surface area contributed by atoms with Gasteiger partial charge in [0.1, 0.15) is 0 Å². The van der Waals surface area contributed by atoms with Crippen molar-refractivity contribution >= 4 is 11.8 Å². The molecule has 0 heterocycles. The summed E-state index contributed by atoms with van der Waals surface area (Å²) in [5, 5.41) is 2.88. The van der Waals surface area contributed by atoms with E-state index in [2.05, 4.69) is 11.9 Å². The number of rotatable bonds is 6. The fraction of sp³-hybridized carbons (Fsp3) is 0.600. The summed E-state index contributed by atoms with van der Waals surface area (Å²) in [6.45, 7) is 4.45. The second-order valence-corrected chi connectivity index (χ2v) is 3.46. The summed E-state index contributed by atoms with van der Waals surface area (Å²) >= 11 is 0. The van der Waals surface area contributed by atoms with E-state index < -0.39 is 0 Å². The molecule has 0 rings (SSSR count). The molecule has 0 aliphatic rings. The lowest BCUT2D eigenvalue weighted by Crippen LogP contribution is -2.41. The van der Waals surface area contributed by atoms with Crippen LogP contribution in [-0.4, -0.2) is 62.4 Å². The first kappa shape index (κ1) is 13.6. The first-order valence-electron chi connectivity index (χ1n) is 4.74. The summed E-state index contributed by atoms with van der Waals surface area (Å²) in [6.07, 6.45) is 1.68. The van der Waals surface area contributed by atoms with Crippen molar-refractivity contribution in [3.63, 3.8) is 0 Å². The molecule has 0 aliphatic heterocycles. The van der Waals surface area contributed by atoms with Crippen LogP contribution in [0.15, 0.2) is 12.7 Å². The zero-order chi connectivity index (χ0) is 11.8. The van der Waals surface area contributed by atoms with Crippen LogP contribution >= 0.6 is 0 Å². The number of hydrogen-bond donors (Lipinski definition) is 1. The maximum Gasteiger partial charge on any atom is 0.241 e. The normalized spacial score (nSPS) is 9.53. The Bertz CT molecular complexity index is 239. The minimum atomic E-state index is -0.105. The zero-order valence-corrected chi connectivity index (χ0v) is 9.62. The smallest absolute Gasteiger partial charge is 0.241 e. The Morgan fingerprint density at radius 1 is 1.27 bits per heavy atom. The van der Waals surface area contributed by atoms with Gasteiger partial charge in [0, 0.05) is 27.7 Å². The maximum atomic E-state index is 11.4. The van der Waals surface area contributed by atoms with Crippen molar-refractivity contribution in [1.82, 2.24) is 15.1 Å². The van der Waals surface area contributed by atoms with Gasteiger partial charge in [0.2, 0.25) is 11.8 Å². The second-order valence-electron chi connectivity index (χ2n) is 3.46. The number of carbonyl (C=O) groups excluding carboxylic acids is 2. The highest BCUT2D eigenvalue weighted by Crippen LogP contribution is 1.87. The monoisotopic (exact) mass is 213 g/mol. The van der Waals surface area contributed by atoms with Gasteiger partial charge in [-0.15, -0.1) is 6.58 Å². The van der Waals surface area contributed by atoms with Crippen molar-refractivity contribution in [3.8, 4) is 0 Å². The van der Waals surface area contributed by atoms with Crippen LogP contribution in [0.3, 0.4) is 0 Å². The Hall–Kier alpha value is -1.36. The van der Waals surface area contributed by atoms with Crippen molar-refractivity contribution in [2.75, 3.05) is 40.8 Å². The standard InChI is InChI=1S/C10H19N3O2/c1-5-6-11-7-9(14)13(4)8-10(15)12(2)3/h5,11H,1,6-8H2,2-4H3. The van der Waals surface area contributed by atoms with Crippen molar-refractivity contribution in [1.29, 1.82) is 0 Å². The van der Waals surface area contributed by atoms with Crippen LogP contribution in [0.1, 0.15) is 0 Å². The molecule has 0 aliphatic carbocycles. The van der Waals surface area contributed by atoms with Gasteiger partial charge in [0.25, 0.3) is 0 Å². The first-order chi connectivity index (χ1) is 6.99. The summed E-state index contributed by atoms with van der Waals surface area (Å²) in [5.41, 5.74) is 0. The van der Waals surface area contributed by atoms with E-state index in [4.69, 9.17) is 0 Å². The summed E-state index contributed by atoms with van der Waals surface area (Å²) in [6, 6.07) is 0. The van der Waals surface area contributed by atoms with E-state index in [1.807, 2.05) is 0 Å². The molecule has 5 nitrogen and oxygen atoms in total. The van der Waals surface area contributed by atoms with Gasteiger partial charge in [-0.05, 0) is 0 Å². The number of amides is 2. The van der Waals surface area contributed by atoms with E-state index in [-0.39, 0.29) is 24.9 Å². The van der Waals surface area contributed by atoms with Gasteiger partial charge in [-0.3, -0.25) is 9.59 Å². The van der Waals surface area contributed by atoms with Crippen LogP contribution in [0.5, 0.6) is 0 Å². The molecule has 1 N–H and O–H groups in total. The lowest BCUT2D eigenvalue weighted by Gasteiger charge is -2.19. The van der Waals surface area contributed by atoms with E-state index in [0.717, 1.165) is 0 Å². The van der Waals surface area contributed by atoms with Crippen LogP contribution < -0.4 is 5.32 Å². The molecule has 15 heavy (non-hydrogen) atoms. The van der Waals surface area contributed by atoms with Gasteiger partial charge in [0.05, 0.1) is 13.1 Å². The summed E-state index contributed by atoms with van der Waals surface area (Å²) in [7, 11) is 4.94. The van der Waals surface area contributed by atoms with E-state index in [1.54, 1.807) is 27.2 Å². The quantitative estimate of drug-likeness (QED) is 0.469. The third-order valence-electron chi connectivity index (χ3n) is 1.86. The fourth-order valence-corrected chi connectivity index (χ4v) is 0.849. The zero-order valence-electron chi connectivity index (χ0n) is 9.62.